The summed E-state index contributed by atoms with van der Waals surface area (Å²) in [5.41, 5.74) is 1.55. The van der Waals surface area contributed by atoms with Crippen molar-refractivity contribution < 1.29 is 24.0 Å². The Bertz CT molecular complexity index is 1070. The van der Waals surface area contributed by atoms with Gasteiger partial charge in [0.1, 0.15) is 12.5 Å². The second-order valence-corrected chi connectivity index (χ2v) is 16.5. The average Bonchev–Trinajstić information content (AvgIpc) is 3.60. The summed E-state index contributed by atoms with van der Waals surface area (Å²) in [5, 5.41) is 11.5. The zero-order valence-corrected chi connectivity index (χ0v) is 23.1. The second-order valence-electron chi connectivity index (χ2n) is 11.1. The van der Waals surface area contributed by atoms with Gasteiger partial charge < -0.3 is 14.4 Å². The fourth-order valence-electron chi connectivity index (χ4n) is 4.63. The van der Waals surface area contributed by atoms with E-state index in [0.29, 0.717) is 36.0 Å². The minimum absolute atomic E-state index is 0.115. The lowest BCUT2D eigenvalue weighted by Gasteiger charge is -2.31. The third-order valence-electron chi connectivity index (χ3n) is 6.35. The number of nitro benzene ring substituents is 1. The number of carbonyl (C=O) groups is 2. The highest BCUT2D eigenvalue weighted by Crippen LogP contribution is 2.41. The van der Waals surface area contributed by atoms with E-state index in [1.807, 2.05) is 7.05 Å². The third kappa shape index (κ3) is 7.33. The van der Waals surface area contributed by atoms with E-state index in [2.05, 4.69) is 29.5 Å². The molecule has 10 heteroatoms. The van der Waals surface area contributed by atoms with Gasteiger partial charge in [-0.2, -0.15) is 0 Å². The van der Waals surface area contributed by atoms with Crippen molar-refractivity contribution in [1.82, 2.24) is 4.90 Å². The van der Waals surface area contributed by atoms with Crippen LogP contribution in [0.1, 0.15) is 38.2 Å². The quantitative estimate of drug-likeness (QED) is 0.186. The Hall–Kier alpha value is -2.85. The maximum atomic E-state index is 13.4. The van der Waals surface area contributed by atoms with Crippen LogP contribution in [0, 0.1) is 22.0 Å². The van der Waals surface area contributed by atoms with Gasteiger partial charge >= 0.3 is 11.9 Å². The summed E-state index contributed by atoms with van der Waals surface area (Å²) in [6.07, 6.45) is 3.03. The second kappa shape index (κ2) is 11.5. The molecule has 1 fully saturated rings. The lowest BCUT2D eigenvalue weighted by Crippen LogP contribution is -2.40. The number of benzene rings is 1. The highest BCUT2D eigenvalue weighted by molar-refractivity contribution is 6.76. The number of hydrogen-bond donors (Lipinski definition) is 0. The molecule has 0 bridgehead atoms. The molecule has 0 N–H and O–H groups in total. The van der Waals surface area contributed by atoms with Crippen LogP contribution >= 0.6 is 0 Å². The van der Waals surface area contributed by atoms with Crippen LogP contribution in [0.15, 0.2) is 40.5 Å². The standard InChI is InChI=1S/C26H37N3O6Si/c1-17-22(25(30)34-13-12-28(3)16-36(4,5)6)24(20-8-7-9-21(14-20)29(32)33)23(18(2)27-17)26(31)35-15-19-10-11-19/h7-9,14,19,23-24H,10-13,15-16H2,1-6H3. The van der Waals surface area contributed by atoms with Crippen LogP contribution in [0.5, 0.6) is 0 Å². The van der Waals surface area contributed by atoms with E-state index in [0.717, 1.165) is 19.0 Å². The van der Waals surface area contributed by atoms with Crippen molar-refractivity contribution in [3.63, 3.8) is 0 Å². The first-order valence-corrected chi connectivity index (χ1v) is 16.1. The van der Waals surface area contributed by atoms with Gasteiger partial charge in [-0.25, -0.2) is 4.79 Å². The van der Waals surface area contributed by atoms with Gasteiger partial charge in [0.05, 0.1) is 25.2 Å². The summed E-state index contributed by atoms with van der Waals surface area (Å²) in [4.78, 5) is 44.3. The summed E-state index contributed by atoms with van der Waals surface area (Å²) >= 11 is 0. The average molecular weight is 516 g/mol. The molecule has 0 radical (unpaired) electrons. The zero-order chi connectivity index (χ0) is 26.6. The fourth-order valence-corrected chi connectivity index (χ4v) is 6.41. The van der Waals surface area contributed by atoms with Crippen molar-refractivity contribution in [2.24, 2.45) is 16.8 Å². The number of non-ortho nitro benzene ring substituents is 1. The molecule has 1 heterocycles. The van der Waals surface area contributed by atoms with Crippen molar-refractivity contribution in [1.29, 1.82) is 0 Å². The Morgan fingerprint density at radius 1 is 1.19 bits per heavy atom. The van der Waals surface area contributed by atoms with E-state index < -0.39 is 36.8 Å². The Morgan fingerprint density at radius 3 is 2.50 bits per heavy atom. The zero-order valence-electron chi connectivity index (χ0n) is 22.1. The lowest BCUT2D eigenvalue weighted by molar-refractivity contribution is -0.384. The van der Waals surface area contributed by atoms with Crippen LogP contribution in [0.25, 0.3) is 0 Å². The van der Waals surface area contributed by atoms with Crippen LogP contribution in [0.4, 0.5) is 5.69 Å². The van der Waals surface area contributed by atoms with E-state index in [1.54, 1.807) is 26.0 Å². The van der Waals surface area contributed by atoms with E-state index in [-0.39, 0.29) is 17.9 Å². The molecule has 1 aliphatic heterocycles. The number of aliphatic imine (C=N–C) groups is 1. The molecule has 0 saturated heterocycles. The molecule has 0 spiro atoms. The summed E-state index contributed by atoms with van der Waals surface area (Å²) in [6, 6.07) is 6.05. The number of nitro groups is 1. The van der Waals surface area contributed by atoms with E-state index in [4.69, 9.17) is 9.47 Å². The highest BCUT2D eigenvalue weighted by atomic mass is 28.3. The molecule has 196 valence electrons. The molecule has 1 aliphatic carbocycles. The van der Waals surface area contributed by atoms with Gasteiger partial charge in [-0.1, -0.05) is 31.8 Å². The molecule has 2 unspecified atom stereocenters. The molecule has 2 atom stereocenters. The highest BCUT2D eigenvalue weighted by Gasteiger charge is 2.43. The maximum absolute atomic E-state index is 13.4. The number of esters is 2. The summed E-state index contributed by atoms with van der Waals surface area (Å²) in [5.74, 6) is -2.33. The van der Waals surface area contributed by atoms with Crippen LogP contribution in [0.2, 0.25) is 19.6 Å². The summed E-state index contributed by atoms with van der Waals surface area (Å²) < 4.78 is 11.3. The molecular formula is C26H37N3O6Si. The number of carbonyl (C=O) groups excluding carboxylic acids is 2. The number of nitrogens with zero attached hydrogens (tertiary/aromatic N) is 3. The molecule has 3 rings (SSSR count). The first kappa shape index (κ1) is 27.7. The number of allylic oxidation sites excluding steroid dienone is 1. The third-order valence-corrected chi connectivity index (χ3v) is 7.84. The minimum atomic E-state index is -1.30. The molecule has 0 amide bonds. The maximum Gasteiger partial charge on any atom is 0.336 e. The number of rotatable bonds is 11. The first-order valence-electron chi connectivity index (χ1n) is 12.4. The number of ether oxygens (including phenoxy) is 2. The van der Waals surface area contributed by atoms with Crippen molar-refractivity contribution in [2.45, 2.75) is 52.2 Å². The van der Waals surface area contributed by atoms with E-state index in [1.165, 1.54) is 12.1 Å². The molecule has 9 nitrogen and oxygen atoms in total. The van der Waals surface area contributed by atoms with Crippen molar-refractivity contribution in [3.05, 3.63) is 51.2 Å². The SMILES string of the molecule is CC1=NC(C)=C(C(=O)OCCN(C)C[Si](C)(C)C)C(c2cccc([N+](=O)[O-])c2)C1C(=O)OCC1CC1. The van der Waals surface area contributed by atoms with Crippen LogP contribution in [0.3, 0.4) is 0 Å². The normalized spacial score (nSPS) is 20.2. The van der Waals surface area contributed by atoms with Gasteiger partial charge in [-0.3, -0.25) is 19.9 Å². The largest absolute Gasteiger partial charge is 0.465 e. The smallest absolute Gasteiger partial charge is 0.336 e. The van der Waals surface area contributed by atoms with Gasteiger partial charge in [-0.15, -0.1) is 0 Å². The molecule has 1 saturated carbocycles. The Labute approximate surface area is 213 Å². The first-order chi connectivity index (χ1) is 16.9. The van der Waals surface area contributed by atoms with Gasteiger partial charge in [0.2, 0.25) is 0 Å². The van der Waals surface area contributed by atoms with Crippen LogP contribution in [-0.4, -0.2) is 68.5 Å². The molecule has 1 aromatic carbocycles. The number of likely N-dealkylation sites (N-methyl/N-ethyl adjacent to an activating group) is 1. The van der Waals surface area contributed by atoms with Gasteiger partial charge in [-0.05, 0) is 51.4 Å². The monoisotopic (exact) mass is 515 g/mol. The Kier molecular flexibility index (Phi) is 8.83. The van der Waals surface area contributed by atoms with Gasteiger partial charge in [0.15, 0.2) is 0 Å². The van der Waals surface area contributed by atoms with Crippen LogP contribution < -0.4 is 0 Å². The summed E-state index contributed by atoms with van der Waals surface area (Å²) in [7, 11) is 0.703. The minimum Gasteiger partial charge on any atom is -0.465 e. The predicted octanol–water partition coefficient (Wildman–Crippen LogP) is 4.35. The Balaban J connectivity index is 1.89. The van der Waals surface area contributed by atoms with E-state index in [9.17, 15) is 19.7 Å². The predicted molar refractivity (Wildman–Crippen MR) is 141 cm³/mol. The number of hydrogen-bond acceptors (Lipinski definition) is 8. The topological polar surface area (TPSA) is 111 Å². The Morgan fingerprint density at radius 2 is 1.89 bits per heavy atom. The van der Waals surface area contributed by atoms with Crippen LogP contribution in [-0.2, 0) is 19.1 Å². The molecule has 1 aromatic rings. The summed E-state index contributed by atoms with van der Waals surface area (Å²) in [6.45, 7) is 11.4. The van der Waals surface area contributed by atoms with Gasteiger partial charge in [0, 0.05) is 36.0 Å². The van der Waals surface area contributed by atoms with Crippen molar-refractivity contribution in [3.8, 4) is 0 Å². The molecular weight excluding hydrogens is 478 g/mol. The van der Waals surface area contributed by atoms with Crippen molar-refractivity contribution >= 4 is 31.4 Å². The fraction of sp³-hybridized carbons (Fsp3) is 0.577. The van der Waals surface area contributed by atoms with Gasteiger partial charge in [0.25, 0.3) is 5.69 Å². The lowest BCUT2D eigenvalue weighted by atomic mass is 9.75. The molecule has 36 heavy (non-hydrogen) atoms. The van der Waals surface area contributed by atoms with E-state index >= 15 is 0 Å². The molecule has 0 aromatic heterocycles. The molecule has 2 aliphatic rings. The van der Waals surface area contributed by atoms with Crippen molar-refractivity contribution in [2.75, 3.05) is 33.0 Å².